The van der Waals surface area contributed by atoms with Crippen molar-refractivity contribution >= 4 is 27.5 Å². The summed E-state index contributed by atoms with van der Waals surface area (Å²) in [6, 6.07) is 13.1. The van der Waals surface area contributed by atoms with Crippen molar-refractivity contribution in [1.82, 2.24) is 10.2 Å². The average Bonchev–Trinajstić information content (AvgIpc) is 2.84. The van der Waals surface area contributed by atoms with Gasteiger partial charge in [0.2, 0.25) is 21.8 Å². The molecule has 1 N–H and O–H groups in total. The summed E-state index contributed by atoms with van der Waals surface area (Å²) in [7, 11) is -0.920. The van der Waals surface area contributed by atoms with Gasteiger partial charge in [0.15, 0.2) is 11.5 Å². The lowest BCUT2D eigenvalue weighted by molar-refractivity contribution is -0.139. The van der Waals surface area contributed by atoms with Crippen LogP contribution in [0.5, 0.6) is 11.5 Å². The number of sulfonamides is 1. The van der Waals surface area contributed by atoms with E-state index in [2.05, 4.69) is 5.32 Å². The standard InChI is InChI=1S/C25H35N3O6S/c1-6-7-15-26-25(30)19(2)27(17-20-11-9-8-10-12-20)24(29)18-28(35(5,31)32)21-13-14-22(33-3)23(16-21)34-4/h8-14,16,19H,6-7,15,17-18H2,1-5H3,(H,26,30)/t19-/m0/s1. The van der Waals surface area contributed by atoms with Gasteiger partial charge in [0.1, 0.15) is 12.6 Å². The zero-order chi connectivity index (χ0) is 26.0. The monoisotopic (exact) mass is 505 g/mol. The van der Waals surface area contributed by atoms with Crippen LogP contribution in [-0.4, -0.2) is 64.7 Å². The summed E-state index contributed by atoms with van der Waals surface area (Å²) in [5, 5.41) is 2.85. The second kappa shape index (κ2) is 13.0. The highest BCUT2D eigenvalue weighted by molar-refractivity contribution is 7.92. The van der Waals surface area contributed by atoms with E-state index in [1.54, 1.807) is 13.0 Å². The lowest BCUT2D eigenvalue weighted by Gasteiger charge is -2.31. The van der Waals surface area contributed by atoms with Crippen molar-refractivity contribution in [2.24, 2.45) is 0 Å². The van der Waals surface area contributed by atoms with Crippen molar-refractivity contribution in [3.63, 3.8) is 0 Å². The first kappa shape index (κ1) is 28.0. The van der Waals surface area contributed by atoms with Gasteiger partial charge in [0.05, 0.1) is 26.2 Å². The van der Waals surface area contributed by atoms with Crippen molar-refractivity contribution < 1.29 is 27.5 Å². The van der Waals surface area contributed by atoms with Crippen molar-refractivity contribution in [3.8, 4) is 11.5 Å². The fourth-order valence-electron chi connectivity index (χ4n) is 3.49. The molecule has 0 spiro atoms. The van der Waals surface area contributed by atoms with E-state index in [1.807, 2.05) is 37.3 Å². The Labute approximate surface area is 208 Å². The first-order chi connectivity index (χ1) is 16.6. The molecule has 10 heteroatoms. The Balaban J connectivity index is 2.37. The van der Waals surface area contributed by atoms with E-state index >= 15 is 0 Å². The van der Waals surface area contributed by atoms with Crippen molar-refractivity contribution in [2.75, 3.05) is 37.9 Å². The molecule has 2 rings (SSSR count). The van der Waals surface area contributed by atoms with Gasteiger partial charge in [-0.3, -0.25) is 13.9 Å². The molecule has 2 amide bonds. The molecule has 0 saturated carbocycles. The molecule has 0 bridgehead atoms. The first-order valence-electron chi connectivity index (χ1n) is 11.4. The normalized spacial score (nSPS) is 11.9. The predicted molar refractivity (Wildman–Crippen MR) is 136 cm³/mol. The van der Waals surface area contributed by atoms with Crippen LogP contribution in [0.4, 0.5) is 5.69 Å². The van der Waals surface area contributed by atoms with E-state index < -0.39 is 28.5 Å². The molecule has 192 valence electrons. The second-order valence-electron chi connectivity index (χ2n) is 8.14. The topological polar surface area (TPSA) is 105 Å². The van der Waals surface area contributed by atoms with E-state index in [-0.39, 0.29) is 18.1 Å². The van der Waals surface area contributed by atoms with E-state index in [4.69, 9.17) is 9.47 Å². The Morgan fingerprint density at radius 1 is 1.03 bits per heavy atom. The number of hydrogen-bond acceptors (Lipinski definition) is 6. The molecule has 0 fully saturated rings. The van der Waals surface area contributed by atoms with E-state index in [1.165, 1.54) is 31.3 Å². The number of rotatable bonds is 13. The Bertz CT molecular complexity index is 1090. The minimum Gasteiger partial charge on any atom is -0.493 e. The summed E-state index contributed by atoms with van der Waals surface area (Å²) in [5.41, 5.74) is 1.07. The maximum absolute atomic E-state index is 13.5. The molecule has 0 saturated heterocycles. The molecule has 1 atom stereocenters. The molecular formula is C25H35N3O6S. The van der Waals surface area contributed by atoms with Crippen LogP contribution in [0.2, 0.25) is 0 Å². The lowest BCUT2D eigenvalue weighted by atomic mass is 10.1. The molecule has 0 aliphatic rings. The number of nitrogens with one attached hydrogen (secondary N) is 1. The van der Waals surface area contributed by atoms with Crippen LogP contribution in [0, 0.1) is 0 Å². The number of methoxy groups -OCH3 is 2. The first-order valence-corrected chi connectivity index (χ1v) is 13.3. The number of hydrogen-bond donors (Lipinski definition) is 1. The van der Waals surface area contributed by atoms with E-state index in [0.717, 1.165) is 29.0 Å². The fourth-order valence-corrected chi connectivity index (χ4v) is 4.33. The summed E-state index contributed by atoms with van der Waals surface area (Å²) in [6.07, 6.45) is 2.78. The van der Waals surface area contributed by atoms with Crippen LogP contribution in [0.3, 0.4) is 0 Å². The van der Waals surface area contributed by atoms with Crippen LogP contribution in [0.1, 0.15) is 32.3 Å². The van der Waals surface area contributed by atoms with Gasteiger partial charge in [0.25, 0.3) is 0 Å². The number of nitrogens with zero attached hydrogens (tertiary/aromatic N) is 2. The Morgan fingerprint density at radius 2 is 1.69 bits per heavy atom. The summed E-state index contributed by atoms with van der Waals surface area (Å²) >= 11 is 0. The minimum absolute atomic E-state index is 0.158. The van der Waals surface area contributed by atoms with Crippen LogP contribution in [0.15, 0.2) is 48.5 Å². The van der Waals surface area contributed by atoms with Crippen molar-refractivity contribution in [3.05, 3.63) is 54.1 Å². The summed E-state index contributed by atoms with van der Waals surface area (Å²) in [4.78, 5) is 27.7. The van der Waals surface area contributed by atoms with E-state index in [9.17, 15) is 18.0 Å². The van der Waals surface area contributed by atoms with Crippen LogP contribution < -0.4 is 19.1 Å². The molecule has 0 aliphatic carbocycles. The van der Waals surface area contributed by atoms with Crippen molar-refractivity contribution in [2.45, 2.75) is 39.3 Å². The zero-order valence-corrected chi connectivity index (χ0v) is 21.8. The summed E-state index contributed by atoms with van der Waals surface area (Å²) < 4.78 is 36.9. The second-order valence-corrected chi connectivity index (χ2v) is 10.0. The number of ether oxygens (including phenoxy) is 2. The molecule has 0 aromatic heterocycles. The Kier molecular flexibility index (Phi) is 10.4. The third kappa shape index (κ3) is 7.88. The maximum atomic E-state index is 13.5. The van der Waals surface area contributed by atoms with Gasteiger partial charge in [0, 0.05) is 19.2 Å². The third-order valence-corrected chi connectivity index (χ3v) is 6.67. The number of amides is 2. The molecule has 0 heterocycles. The van der Waals surface area contributed by atoms with Gasteiger partial charge >= 0.3 is 0 Å². The molecule has 2 aromatic rings. The van der Waals surface area contributed by atoms with Gasteiger partial charge in [-0.25, -0.2) is 8.42 Å². The highest BCUT2D eigenvalue weighted by Gasteiger charge is 2.30. The Hall–Kier alpha value is -3.27. The summed E-state index contributed by atoms with van der Waals surface area (Å²) in [5.74, 6) is -0.0398. The van der Waals surface area contributed by atoms with Gasteiger partial charge in [-0.1, -0.05) is 43.7 Å². The van der Waals surface area contributed by atoms with Gasteiger partial charge in [-0.15, -0.1) is 0 Å². The van der Waals surface area contributed by atoms with Crippen LogP contribution in [0.25, 0.3) is 0 Å². The van der Waals surface area contributed by atoms with Crippen LogP contribution in [-0.2, 0) is 26.2 Å². The minimum atomic E-state index is -3.84. The molecule has 9 nitrogen and oxygen atoms in total. The number of benzene rings is 2. The maximum Gasteiger partial charge on any atom is 0.244 e. The van der Waals surface area contributed by atoms with Gasteiger partial charge in [-0.2, -0.15) is 0 Å². The number of carbonyl (C=O) groups excluding carboxylic acids is 2. The molecule has 2 aromatic carbocycles. The largest absolute Gasteiger partial charge is 0.493 e. The average molecular weight is 506 g/mol. The van der Waals surface area contributed by atoms with Crippen molar-refractivity contribution in [1.29, 1.82) is 0 Å². The molecule has 35 heavy (non-hydrogen) atoms. The van der Waals surface area contributed by atoms with Crippen LogP contribution >= 0.6 is 0 Å². The van der Waals surface area contributed by atoms with E-state index in [0.29, 0.717) is 18.0 Å². The highest BCUT2D eigenvalue weighted by atomic mass is 32.2. The van der Waals surface area contributed by atoms with Gasteiger partial charge < -0.3 is 19.7 Å². The number of anilines is 1. The predicted octanol–water partition coefficient (Wildman–Crippen LogP) is 2.80. The quantitative estimate of drug-likeness (QED) is 0.420. The Morgan fingerprint density at radius 3 is 2.26 bits per heavy atom. The SMILES string of the molecule is CCCCNC(=O)[C@H](C)N(Cc1ccccc1)C(=O)CN(c1ccc(OC)c(OC)c1)S(C)(=O)=O. The van der Waals surface area contributed by atoms with Gasteiger partial charge in [-0.05, 0) is 31.0 Å². The fraction of sp³-hybridized carbons (Fsp3) is 0.440. The molecule has 0 aliphatic heterocycles. The number of carbonyl (C=O) groups is 2. The molecule has 0 radical (unpaired) electrons. The molecule has 0 unspecified atom stereocenters. The highest BCUT2D eigenvalue weighted by Crippen LogP contribution is 2.32. The summed E-state index contributed by atoms with van der Waals surface area (Å²) in [6.45, 7) is 3.85. The molecular weight excluding hydrogens is 470 g/mol. The zero-order valence-electron chi connectivity index (χ0n) is 21.0. The number of unbranched alkanes of at least 4 members (excludes halogenated alkanes) is 1. The third-order valence-electron chi connectivity index (χ3n) is 5.53. The lowest BCUT2D eigenvalue weighted by Crippen LogP contribution is -2.51. The smallest absolute Gasteiger partial charge is 0.244 e.